The lowest BCUT2D eigenvalue weighted by molar-refractivity contribution is -0.150. The number of nitrogens with one attached hydrogen (secondary N) is 2. The molecule has 35 heavy (non-hydrogen) atoms. The first-order valence-electron chi connectivity index (χ1n) is 11.3. The number of amides is 3. The Bertz CT molecular complexity index is 1080. The predicted molar refractivity (Wildman–Crippen MR) is 127 cm³/mol. The van der Waals surface area contributed by atoms with E-state index >= 15 is 0 Å². The molecule has 0 saturated carbocycles. The predicted octanol–water partition coefficient (Wildman–Crippen LogP) is 3.47. The molecule has 0 unspecified atom stereocenters. The van der Waals surface area contributed by atoms with Crippen LogP contribution in [0.5, 0.6) is 23.0 Å². The van der Waals surface area contributed by atoms with Crippen LogP contribution >= 0.6 is 0 Å². The number of imide groups is 1. The highest BCUT2D eigenvalue weighted by atomic mass is 16.6. The number of para-hydroxylation sites is 1. The fourth-order valence-electron chi connectivity index (χ4n) is 3.48. The zero-order valence-corrected chi connectivity index (χ0v) is 20.3. The molecule has 10 nitrogen and oxygen atoms in total. The number of anilines is 1. The van der Waals surface area contributed by atoms with Crippen LogP contribution < -0.4 is 29.6 Å². The van der Waals surface area contributed by atoms with Crippen LogP contribution in [0.15, 0.2) is 36.4 Å². The van der Waals surface area contributed by atoms with E-state index < -0.39 is 31.1 Å². The normalized spacial score (nSPS) is 13.1. The van der Waals surface area contributed by atoms with Crippen LogP contribution in [0.3, 0.4) is 0 Å². The minimum Gasteiger partial charge on any atom is -0.490 e. The molecule has 1 aliphatic rings. The fraction of sp³-hybridized carbons (Fsp3) is 0.400. The Hall–Kier alpha value is -3.95. The van der Waals surface area contributed by atoms with E-state index in [9.17, 15) is 14.4 Å². The van der Waals surface area contributed by atoms with Gasteiger partial charge in [0.15, 0.2) is 36.2 Å². The van der Waals surface area contributed by atoms with Gasteiger partial charge in [0.25, 0.3) is 5.91 Å². The second kappa shape index (κ2) is 11.5. The van der Waals surface area contributed by atoms with Crippen molar-refractivity contribution in [3.05, 3.63) is 42.0 Å². The number of urea groups is 1. The highest BCUT2D eigenvalue weighted by molar-refractivity contribution is 6.02. The van der Waals surface area contributed by atoms with E-state index in [-0.39, 0.29) is 5.60 Å². The third-order valence-corrected chi connectivity index (χ3v) is 4.82. The van der Waals surface area contributed by atoms with Crippen molar-refractivity contribution in [2.45, 2.75) is 39.7 Å². The van der Waals surface area contributed by atoms with Crippen molar-refractivity contribution in [1.82, 2.24) is 5.32 Å². The first-order valence-corrected chi connectivity index (χ1v) is 11.3. The zero-order chi connectivity index (χ0) is 25.4. The lowest BCUT2D eigenvalue weighted by atomic mass is 10.0. The average molecular weight is 487 g/mol. The van der Waals surface area contributed by atoms with Crippen LogP contribution in [0, 0.1) is 0 Å². The lowest BCUT2D eigenvalue weighted by Crippen LogP contribution is -2.37. The Morgan fingerprint density at radius 1 is 0.943 bits per heavy atom. The first kappa shape index (κ1) is 25.7. The van der Waals surface area contributed by atoms with Gasteiger partial charge in [-0.15, -0.1) is 0 Å². The van der Waals surface area contributed by atoms with Crippen molar-refractivity contribution in [1.29, 1.82) is 0 Å². The summed E-state index contributed by atoms with van der Waals surface area (Å²) in [4.78, 5) is 36.1. The van der Waals surface area contributed by atoms with Gasteiger partial charge in [0.2, 0.25) is 0 Å². The molecule has 10 heteroatoms. The Morgan fingerprint density at radius 3 is 2.43 bits per heavy atom. The molecule has 1 heterocycles. The highest BCUT2D eigenvalue weighted by Gasteiger charge is 2.32. The molecule has 3 amide bonds. The smallest absolute Gasteiger partial charge is 0.344 e. The number of ether oxygens (including phenoxy) is 5. The number of carbonyl (C=O) groups excluding carboxylic acids is 3. The molecule has 1 aliphatic heterocycles. The van der Waals surface area contributed by atoms with Crippen LogP contribution in [0.25, 0.3) is 0 Å². The first-order chi connectivity index (χ1) is 16.7. The maximum absolute atomic E-state index is 12.1. The average Bonchev–Trinajstić information content (AvgIpc) is 3.12. The standard InChI is InChI=1S/C25H30N2O8/c1-5-31-18-11-10-17(12-20(18)32-6-2)26-24(30)27-21(28)14-34-22(29)15-33-19-9-7-8-16-13-25(3,4)35-23(16)19/h7-12H,5-6,13-15H2,1-4H3,(H2,26,27,28,30). The number of hydrogen-bond donors (Lipinski definition) is 2. The lowest BCUT2D eigenvalue weighted by Gasteiger charge is -2.18. The molecular weight excluding hydrogens is 456 g/mol. The van der Waals surface area contributed by atoms with E-state index in [4.69, 9.17) is 23.7 Å². The molecule has 3 rings (SSSR count). The summed E-state index contributed by atoms with van der Waals surface area (Å²) in [6.45, 7) is 7.44. The fourth-order valence-corrected chi connectivity index (χ4v) is 3.48. The largest absolute Gasteiger partial charge is 0.490 e. The van der Waals surface area contributed by atoms with Crippen molar-refractivity contribution in [3.63, 3.8) is 0 Å². The van der Waals surface area contributed by atoms with Gasteiger partial charge in [0.05, 0.1) is 13.2 Å². The van der Waals surface area contributed by atoms with Gasteiger partial charge in [-0.3, -0.25) is 10.1 Å². The molecule has 0 aliphatic carbocycles. The monoisotopic (exact) mass is 486 g/mol. The molecule has 0 aromatic heterocycles. The maximum Gasteiger partial charge on any atom is 0.344 e. The molecular formula is C25H30N2O8. The van der Waals surface area contributed by atoms with E-state index in [2.05, 4.69) is 10.6 Å². The molecule has 0 radical (unpaired) electrons. The number of fused-ring (bicyclic) bond motifs is 1. The molecule has 0 fully saturated rings. The van der Waals surface area contributed by atoms with Crippen molar-refractivity contribution in [3.8, 4) is 23.0 Å². The van der Waals surface area contributed by atoms with E-state index in [0.717, 1.165) is 12.0 Å². The summed E-state index contributed by atoms with van der Waals surface area (Å²) in [6, 6.07) is 9.52. The third kappa shape index (κ3) is 7.26. The molecule has 188 valence electrons. The van der Waals surface area contributed by atoms with Gasteiger partial charge in [-0.05, 0) is 45.9 Å². The number of hydrogen-bond acceptors (Lipinski definition) is 8. The number of carbonyl (C=O) groups is 3. The molecule has 2 aromatic carbocycles. The SMILES string of the molecule is CCOc1ccc(NC(=O)NC(=O)COC(=O)COc2cccc3c2OC(C)(C)C3)cc1OCC. The second-order valence-electron chi connectivity index (χ2n) is 8.26. The van der Waals surface area contributed by atoms with Gasteiger partial charge >= 0.3 is 12.0 Å². The van der Waals surface area contributed by atoms with E-state index in [1.807, 2.05) is 39.8 Å². The van der Waals surface area contributed by atoms with Crippen LogP contribution in [0.4, 0.5) is 10.5 Å². The van der Waals surface area contributed by atoms with E-state index in [1.54, 1.807) is 24.3 Å². The topological polar surface area (TPSA) is 121 Å². The van der Waals surface area contributed by atoms with Gasteiger partial charge in [-0.2, -0.15) is 0 Å². The van der Waals surface area contributed by atoms with Gasteiger partial charge in [-0.25, -0.2) is 9.59 Å². The molecule has 0 saturated heterocycles. The molecule has 2 N–H and O–H groups in total. The summed E-state index contributed by atoms with van der Waals surface area (Å²) < 4.78 is 27.3. The van der Waals surface area contributed by atoms with Crippen LogP contribution in [0.2, 0.25) is 0 Å². The second-order valence-corrected chi connectivity index (χ2v) is 8.26. The molecule has 2 aromatic rings. The number of esters is 1. The molecule has 0 spiro atoms. The van der Waals surface area contributed by atoms with Crippen molar-refractivity contribution < 1.29 is 38.1 Å². The number of rotatable bonds is 10. The minimum atomic E-state index is -0.794. The van der Waals surface area contributed by atoms with Gasteiger partial charge in [0, 0.05) is 23.7 Å². The van der Waals surface area contributed by atoms with Crippen LogP contribution in [-0.4, -0.2) is 49.9 Å². The summed E-state index contributed by atoms with van der Waals surface area (Å²) in [5, 5.41) is 4.61. The van der Waals surface area contributed by atoms with E-state index in [1.165, 1.54) is 0 Å². The van der Waals surface area contributed by atoms with Crippen molar-refractivity contribution in [2.75, 3.05) is 31.7 Å². The molecule has 0 bridgehead atoms. The van der Waals surface area contributed by atoms with E-state index in [0.29, 0.717) is 41.9 Å². The Balaban J connectivity index is 1.43. The van der Waals surface area contributed by atoms with Gasteiger partial charge in [-0.1, -0.05) is 12.1 Å². The molecule has 0 atom stereocenters. The van der Waals surface area contributed by atoms with Crippen LogP contribution in [-0.2, 0) is 20.7 Å². The Labute approximate surface area is 203 Å². The summed E-state index contributed by atoms with van der Waals surface area (Å²) in [5.74, 6) is 0.476. The Morgan fingerprint density at radius 2 is 1.69 bits per heavy atom. The zero-order valence-electron chi connectivity index (χ0n) is 20.3. The quantitative estimate of drug-likeness (QED) is 0.490. The Kier molecular flexibility index (Phi) is 8.40. The van der Waals surface area contributed by atoms with Crippen LogP contribution in [0.1, 0.15) is 33.3 Å². The van der Waals surface area contributed by atoms with Gasteiger partial charge in [0.1, 0.15) is 5.60 Å². The summed E-state index contributed by atoms with van der Waals surface area (Å²) in [7, 11) is 0. The summed E-state index contributed by atoms with van der Waals surface area (Å²) in [6.07, 6.45) is 0.732. The summed E-state index contributed by atoms with van der Waals surface area (Å²) in [5.41, 5.74) is 1.04. The maximum atomic E-state index is 12.1. The van der Waals surface area contributed by atoms with Crippen molar-refractivity contribution in [2.24, 2.45) is 0 Å². The minimum absolute atomic E-state index is 0.350. The highest BCUT2D eigenvalue weighted by Crippen LogP contribution is 2.41. The summed E-state index contributed by atoms with van der Waals surface area (Å²) >= 11 is 0. The van der Waals surface area contributed by atoms with Crippen molar-refractivity contribution >= 4 is 23.6 Å². The number of benzene rings is 2. The third-order valence-electron chi connectivity index (χ3n) is 4.82. The van der Waals surface area contributed by atoms with Gasteiger partial charge < -0.3 is 29.0 Å².